The van der Waals surface area contributed by atoms with Gasteiger partial charge in [0.1, 0.15) is 6.04 Å². The zero-order valence-electron chi connectivity index (χ0n) is 16.3. The molecule has 2 amide bonds. The molecule has 0 fully saturated rings. The van der Waals surface area contributed by atoms with Gasteiger partial charge < -0.3 is 10.2 Å². The van der Waals surface area contributed by atoms with Crippen molar-refractivity contribution in [2.45, 2.75) is 37.2 Å². The summed E-state index contributed by atoms with van der Waals surface area (Å²) in [6, 6.07) is 12.2. The Bertz CT molecular complexity index is 846. The molecule has 156 valence electrons. The first-order valence-corrected chi connectivity index (χ1v) is 11.3. The van der Waals surface area contributed by atoms with E-state index in [9.17, 15) is 9.59 Å². The topological polar surface area (TPSA) is 49.4 Å². The van der Waals surface area contributed by atoms with Crippen LogP contribution in [-0.4, -0.2) is 35.6 Å². The first-order chi connectivity index (χ1) is 13.8. The van der Waals surface area contributed by atoms with Gasteiger partial charge in [-0.1, -0.05) is 47.8 Å². The van der Waals surface area contributed by atoms with Crippen LogP contribution in [0.2, 0.25) is 15.1 Å². The molecule has 0 aliphatic carbocycles. The van der Waals surface area contributed by atoms with Crippen molar-refractivity contribution >= 4 is 58.4 Å². The summed E-state index contributed by atoms with van der Waals surface area (Å²) < 4.78 is 0. The van der Waals surface area contributed by atoms with Gasteiger partial charge in [-0.05, 0) is 48.4 Å². The lowest BCUT2D eigenvalue weighted by atomic mass is 10.1. The summed E-state index contributed by atoms with van der Waals surface area (Å²) in [6.45, 7) is 2.17. The van der Waals surface area contributed by atoms with Gasteiger partial charge >= 0.3 is 0 Å². The fourth-order valence-electron chi connectivity index (χ4n) is 2.85. The molecule has 0 saturated carbocycles. The molecule has 2 aromatic carbocycles. The molecule has 2 aromatic rings. The number of amides is 2. The fourth-order valence-corrected chi connectivity index (χ4v) is 4.14. The van der Waals surface area contributed by atoms with Gasteiger partial charge in [-0.3, -0.25) is 9.59 Å². The first kappa shape index (κ1) is 23.9. The van der Waals surface area contributed by atoms with Crippen LogP contribution in [0.5, 0.6) is 0 Å². The lowest BCUT2D eigenvalue weighted by Gasteiger charge is -2.30. The summed E-state index contributed by atoms with van der Waals surface area (Å²) in [5.74, 6) is 0.321. The van der Waals surface area contributed by atoms with Gasteiger partial charge in [0, 0.05) is 35.7 Å². The Kier molecular flexibility index (Phi) is 9.63. The Hall–Kier alpha value is -1.40. The molecule has 29 heavy (non-hydrogen) atoms. The van der Waals surface area contributed by atoms with Crippen LogP contribution in [0.25, 0.3) is 0 Å². The predicted molar refractivity (Wildman–Crippen MR) is 122 cm³/mol. The average Bonchev–Trinajstić information content (AvgIpc) is 2.71. The molecule has 8 heteroatoms. The standard InChI is InChI=1S/C21H23Cl3N2O2S/c1-3-19(21(28)25-2)26(13-14-4-9-17(23)18(24)12-14)20(27)10-11-29-16-7-5-15(22)6-8-16/h4-9,12,19H,3,10-11,13H2,1-2H3,(H,25,28)/t19-/m0/s1. The molecule has 0 unspecified atom stereocenters. The molecule has 0 heterocycles. The van der Waals surface area contributed by atoms with Crippen LogP contribution in [0.1, 0.15) is 25.3 Å². The van der Waals surface area contributed by atoms with Gasteiger partial charge in [-0.25, -0.2) is 0 Å². The highest BCUT2D eigenvalue weighted by atomic mass is 35.5. The number of thioether (sulfide) groups is 1. The summed E-state index contributed by atoms with van der Waals surface area (Å²) in [4.78, 5) is 28.0. The van der Waals surface area contributed by atoms with E-state index in [2.05, 4.69) is 5.32 Å². The molecular formula is C21H23Cl3N2O2S. The molecule has 0 aliphatic rings. The summed E-state index contributed by atoms with van der Waals surface area (Å²) in [7, 11) is 1.57. The Balaban J connectivity index is 2.11. The lowest BCUT2D eigenvalue weighted by Crippen LogP contribution is -2.48. The molecule has 0 bridgehead atoms. The van der Waals surface area contributed by atoms with Crippen molar-refractivity contribution in [3.05, 3.63) is 63.1 Å². The number of likely N-dealkylation sites (N-methyl/N-ethyl adjacent to an activating group) is 1. The minimum atomic E-state index is -0.553. The molecule has 2 rings (SSSR count). The van der Waals surface area contributed by atoms with E-state index in [1.165, 1.54) is 0 Å². The maximum atomic E-state index is 13.0. The number of carbonyl (C=O) groups is 2. The van der Waals surface area contributed by atoms with Gasteiger partial charge in [0.25, 0.3) is 0 Å². The summed E-state index contributed by atoms with van der Waals surface area (Å²) in [5.41, 5.74) is 0.820. The molecule has 0 radical (unpaired) electrons. The zero-order valence-corrected chi connectivity index (χ0v) is 19.3. The molecule has 1 atom stereocenters. The van der Waals surface area contributed by atoms with E-state index < -0.39 is 6.04 Å². The number of hydrogen-bond donors (Lipinski definition) is 1. The molecule has 0 aromatic heterocycles. The lowest BCUT2D eigenvalue weighted by molar-refractivity contribution is -0.140. The fraction of sp³-hybridized carbons (Fsp3) is 0.333. The van der Waals surface area contributed by atoms with Crippen LogP contribution in [0, 0.1) is 0 Å². The van der Waals surface area contributed by atoms with Crippen molar-refractivity contribution in [3.8, 4) is 0 Å². The second-order valence-corrected chi connectivity index (χ2v) is 8.78. The number of rotatable bonds is 9. The van der Waals surface area contributed by atoms with E-state index >= 15 is 0 Å². The van der Waals surface area contributed by atoms with E-state index in [1.807, 2.05) is 37.3 Å². The van der Waals surface area contributed by atoms with Crippen molar-refractivity contribution in [2.75, 3.05) is 12.8 Å². The minimum absolute atomic E-state index is 0.0898. The second kappa shape index (κ2) is 11.7. The quantitative estimate of drug-likeness (QED) is 0.476. The molecule has 0 spiro atoms. The maximum Gasteiger partial charge on any atom is 0.242 e. The SMILES string of the molecule is CC[C@@H](C(=O)NC)N(Cc1ccc(Cl)c(Cl)c1)C(=O)CCSc1ccc(Cl)cc1. The monoisotopic (exact) mass is 472 g/mol. The molecule has 1 N–H and O–H groups in total. The highest BCUT2D eigenvalue weighted by molar-refractivity contribution is 7.99. The third kappa shape index (κ3) is 7.10. The van der Waals surface area contributed by atoms with E-state index in [-0.39, 0.29) is 18.4 Å². The smallest absolute Gasteiger partial charge is 0.242 e. The van der Waals surface area contributed by atoms with Gasteiger partial charge in [-0.15, -0.1) is 11.8 Å². The van der Waals surface area contributed by atoms with Crippen LogP contribution >= 0.6 is 46.6 Å². The normalized spacial score (nSPS) is 11.8. The van der Waals surface area contributed by atoms with Gasteiger partial charge in [-0.2, -0.15) is 0 Å². The van der Waals surface area contributed by atoms with E-state index in [1.54, 1.807) is 35.8 Å². The zero-order chi connectivity index (χ0) is 21.4. The van der Waals surface area contributed by atoms with Crippen LogP contribution in [0.4, 0.5) is 0 Å². The number of hydrogen-bond acceptors (Lipinski definition) is 3. The number of nitrogens with one attached hydrogen (secondary N) is 1. The minimum Gasteiger partial charge on any atom is -0.357 e. The van der Waals surface area contributed by atoms with Crippen molar-refractivity contribution in [1.29, 1.82) is 0 Å². The molecular weight excluding hydrogens is 451 g/mol. The van der Waals surface area contributed by atoms with Gasteiger partial charge in [0.2, 0.25) is 11.8 Å². The first-order valence-electron chi connectivity index (χ1n) is 9.19. The van der Waals surface area contributed by atoms with Crippen molar-refractivity contribution < 1.29 is 9.59 Å². The van der Waals surface area contributed by atoms with E-state index in [0.717, 1.165) is 10.5 Å². The largest absolute Gasteiger partial charge is 0.357 e. The third-order valence-electron chi connectivity index (χ3n) is 4.37. The van der Waals surface area contributed by atoms with Crippen molar-refractivity contribution in [3.63, 3.8) is 0 Å². The summed E-state index contributed by atoms with van der Waals surface area (Å²) in [5, 5.41) is 4.19. The van der Waals surface area contributed by atoms with Gasteiger partial charge in [0.15, 0.2) is 0 Å². The van der Waals surface area contributed by atoms with Crippen LogP contribution < -0.4 is 5.32 Å². The Morgan fingerprint density at radius 3 is 2.34 bits per heavy atom. The number of carbonyl (C=O) groups excluding carboxylic acids is 2. The number of halogens is 3. The number of nitrogens with zero attached hydrogens (tertiary/aromatic N) is 1. The Morgan fingerprint density at radius 2 is 1.76 bits per heavy atom. The number of benzene rings is 2. The molecule has 4 nitrogen and oxygen atoms in total. The Labute approximate surface area is 190 Å². The molecule has 0 saturated heterocycles. The predicted octanol–water partition coefficient (Wildman–Crippen LogP) is 5.68. The third-order valence-corrected chi connectivity index (χ3v) is 6.37. The van der Waals surface area contributed by atoms with E-state index in [4.69, 9.17) is 34.8 Å². The van der Waals surface area contributed by atoms with Crippen LogP contribution in [0.15, 0.2) is 47.4 Å². The van der Waals surface area contributed by atoms with Crippen LogP contribution in [-0.2, 0) is 16.1 Å². The summed E-state index contributed by atoms with van der Waals surface area (Å²) in [6.07, 6.45) is 0.819. The van der Waals surface area contributed by atoms with Crippen LogP contribution in [0.3, 0.4) is 0 Å². The molecule has 0 aliphatic heterocycles. The average molecular weight is 474 g/mol. The summed E-state index contributed by atoms with van der Waals surface area (Å²) >= 11 is 19.6. The van der Waals surface area contributed by atoms with E-state index in [0.29, 0.717) is 33.7 Å². The Morgan fingerprint density at radius 1 is 1.07 bits per heavy atom. The van der Waals surface area contributed by atoms with Gasteiger partial charge in [0.05, 0.1) is 10.0 Å². The van der Waals surface area contributed by atoms with Crippen molar-refractivity contribution in [1.82, 2.24) is 10.2 Å². The second-order valence-electron chi connectivity index (χ2n) is 6.36. The highest BCUT2D eigenvalue weighted by Gasteiger charge is 2.27. The highest BCUT2D eigenvalue weighted by Crippen LogP contribution is 2.25. The maximum absolute atomic E-state index is 13.0. The van der Waals surface area contributed by atoms with Crippen molar-refractivity contribution in [2.24, 2.45) is 0 Å².